The number of non-ortho nitro benzene ring substituents is 1. The molecule has 0 atom stereocenters. The van der Waals surface area contributed by atoms with E-state index in [9.17, 15) is 10.1 Å². The number of nitro groups is 1. The van der Waals surface area contributed by atoms with Gasteiger partial charge in [0, 0.05) is 29.9 Å². The lowest BCUT2D eigenvalue weighted by atomic mass is 10.1. The largest absolute Gasteiger partial charge is 0.497 e. The summed E-state index contributed by atoms with van der Waals surface area (Å²) in [5.41, 5.74) is 2.20. The molecule has 2 aromatic carbocycles. The number of rotatable bonds is 7. The molecule has 0 saturated heterocycles. The van der Waals surface area contributed by atoms with Crippen LogP contribution in [-0.4, -0.2) is 17.7 Å². The molecule has 0 heterocycles. The highest BCUT2D eigenvalue weighted by atomic mass is 16.6. The van der Waals surface area contributed by atoms with Crippen LogP contribution in [0.15, 0.2) is 55.1 Å². The molecule has 0 spiro atoms. The highest BCUT2D eigenvalue weighted by Gasteiger charge is 2.12. The average molecular weight is 311 g/mol. The van der Waals surface area contributed by atoms with Gasteiger partial charge in [-0.1, -0.05) is 18.7 Å². The zero-order valence-electron chi connectivity index (χ0n) is 12.7. The Bertz CT molecular complexity index is 739. The van der Waals surface area contributed by atoms with Gasteiger partial charge in [0.15, 0.2) is 0 Å². The zero-order chi connectivity index (χ0) is 16.8. The third-order valence-corrected chi connectivity index (χ3v) is 3.35. The molecule has 0 aliphatic heterocycles. The van der Waals surface area contributed by atoms with Crippen LogP contribution in [0.5, 0.6) is 5.75 Å². The maximum absolute atomic E-state index is 10.9. The first kappa shape index (κ1) is 16.2. The SMILES string of the molecule is C=CC(=N)c1cc([N+](=O)[O-])ccc1NCc1ccc(OC)cc1. The minimum Gasteiger partial charge on any atom is -0.497 e. The van der Waals surface area contributed by atoms with Gasteiger partial charge in [-0.15, -0.1) is 0 Å². The first-order chi connectivity index (χ1) is 11.0. The van der Waals surface area contributed by atoms with Crippen LogP contribution in [0.4, 0.5) is 11.4 Å². The van der Waals surface area contributed by atoms with Crippen LogP contribution < -0.4 is 10.1 Å². The van der Waals surface area contributed by atoms with Crippen LogP contribution in [-0.2, 0) is 6.54 Å². The molecule has 6 heteroatoms. The van der Waals surface area contributed by atoms with E-state index in [1.54, 1.807) is 13.2 Å². The molecule has 23 heavy (non-hydrogen) atoms. The molecular weight excluding hydrogens is 294 g/mol. The normalized spacial score (nSPS) is 9.96. The van der Waals surface area contributed by atoms with Gasteiger partial charge in [-0.3, -0.25) is 10.1 Å². The Morgan fingerprint density at radius 3 is 2.61 bits per heavy atom. The highest BCUT2D eigenvalue weighted by molar-refractivity contribution is 6.10. The van der Waals surface area contributed by atoms with Crippen molar-refractivity contribution in [1.29, 1.82) is 5.41 Å². The summed E-state index contributed by atoms with van der Waals surface area (Å²) in [5, 5.41) is 22.0. The molecule has 118 valence electrons. The van der Waals surface area contributed by atoms with E-state index < -0.39 is 4.92 Å². The van der Waals surface area contributed by atoms with Crippen molar-refractivity contribution in [1.82, 2.24) is 0 Å². The average Bonchev–Trinajstić information content (AvgIpc) is 2.59. The van der Waals surface area contributed by atoms with Crippen LogP contribution in [0.1, 0.15) is 11.1 Å². The van der Waals surface area contributed by atoms with E-state index in [-0.39, 0.29) is 11.4 Å². The van der Waals surface area contributed by atoms with E-state index in [4.69, 9.17) is 10.1 Å². The van der Waals surface area contributed by atoms with Crippen LogP contribution >= 0.6 is 0 Å². The fraction of sp³-hybridized carbons (Fsp3) is 0.118. The van der Waals surface area contributed by atoms with Crippen molar-refractivity contribution in [3.63, 3.8) is 0 Å². The Labute approximate surface area is 134 Å². The number of nitro benzene ring substituents is 1. The van der Waals surface area contributed by atoms with Crippen molar-refractivity contribution < 1.29 is 9.66 Å². The van der Waals surface area contributed by atoms with Gasteiger partial charge < -0.3 is 15.5 Å². The van der Waals surface area contributed by atoms with Crippen LogP contribution in [0.2, 0.25) is 0 Å². The number of hydrogen-bond donors (Lipinski definition) is 2. The maximum Gasteiger partial charge on any atom is 0.270 e. The first-order valence-corrected chi connectivity index (χ1v) is 6.91. The van der Waals surface area contributed by atoms with Crippen molar-refractivity contribution >= 4 is 17.1 Å². The molecule has 2 aromatic rings. The van der Waals surface area contributed by atoms with E-state index in [2.05, 4.69) is 11.9 Å². The summed E-state index contributed by atoms with van der Waals surface area (Å²) in [7, 11) is 1.61. The van der Waals surface area contributed by atoms with Crippen molar-refractivity contribution in [2.75, 3.05) is 12.4 Å². The quantitative estimate of drug-likeness (QED) is 0.463. The standard InChI is InChI=1S/C17H17N3O3/c1-3-16(18)15-10-13(20(21)22)6-9-17(15)19-11-12-4-7-14(23-2)8-5-12/h3-10,18-19H,1,11H2,2H3. The predicted molar refractivity (Wildman–Crippen MR) is 90.4 cm³/mol. The second-order valence-electron chi connectivity index (χ2n) is 4.81. The Balaban J connectivity index is 2.22. The fourth-order valence-corrected chi connectivity index (χ4v) is 2.07. The smallest absolute Gasteiger partial charge is 0.270 e. The summed E-state index contributed by atoms with van der Waals surface area (Å²) in [4.78, 5) is 10.4. The molecule has 2 rings (SSSR count). The Kier molecular flexibility index (Phi) is 5.09. The number of nitrogens with one attached hydrogen (secondary N) is 2. The third-order valence-electron chi connectivity index (χ3n) is 3.35. The fourth-order valence-electron chi connectivity index (χ4n) is 2.07. The van der Waals surface area contributed by atoms with E-state index in [1.807, 2.05) is 24.3 Å². The first-order valence-electron chi connectivity index (χ1n) is 6.91. The molecule has 0 unspecified atom stereocenters. The van der Waals surface area contributed by atoms with E-state index in [1.165, 1.54) is 18.2 Å². The molecule has 0 aliphatic rings. The highest BCUT2D eigenvalue weighted by Crippen LogP contribution is 2.24. The van der Waals surface area contributed by atoms with E-state index in [0.717, 1.165) is 11.3 Å². The van der Waals surface area contributed by atoms with Gasteiger partial charge in [0.25, 0.3) is 5.69 Å². The number of ether oxygens (including phenoxy) is 1. The van der Waals surface area contributed by atoms with Crippen LogP contribution in [0, 0.1) is 15.5 Å². The Morgan fingerprint density at radius 2 is 2.04 bits per heavy atom. The number of nitrogens with zero attached hydrogens (tertiary/aromatic N) is 1. The second-order valence-corrected chi connectivity index (χ2v) is 4.81. The molecule has 6 nitrogen and oxygen atoms in total. The lowest BCUT2D eigenvalue weighted by molar-refractivity contribution is -0.384. The lowest BCUT2D eigenvalue weighted by Gasteiger charge is -2.12. The van der Waals surface area contributed by atoms with Crippen molar-refractivity contribution in [3.8, 4) is 5.75 Å². The molecular formula is C17H17N3O3. The van der Waals surface area contributed by atoms with Crippen molar-refractivity contribution in [2.24, 2.45) is 0 Å². The third kappa shape index (κ3) is 3.94. The van der Waals surface area contributed by atoms with Gasteiger partial charge in [-0.2, -0.15) is 0 Å². The van der Waals surface area contributed by atoms with Gasteiger partial charge in [0.2, 0.25) is 0 Å². The summed E-state index contributed by atoms with van der Waals surface area (Å²) < 4.78 is 5.11. The summed E-state index contributed by atoms with van der Waals surface area (Å²) in [6.07, 6.45) is 1.36. The van der Waals surface area contributed by atoms with Gasteiger partial charge >= 0.3 is 0 Å². The summed E-state index contributed by atoms with van der Waals surface area (Å²) in [6.45, 7) is 4.08. The molecule has 0 amide bonds. The molecule has 0 fully saturated rings. The van der Waals surface area contributed by atoms with Gasteiger partial charge in [0.05, 0.1) is 17.7 Å². The molecule has 0 aliphatic carbocycles. The zero-order valence-corrected chi connectivity index (χ0v) is 12.7. The van der Waals surface area contributed by atoms with Crippen LogP contribution in [0.3, 0.4) is 0 Å². The molecule has 0 radical (unpaired) electrons. The maximum atomic E-state index is 10.9. The summed E-state index contributed by atoms with van der Waals surface area (Å²) in [5.74, 6) is 0.776. The summed E-state index contributed by atoms with van der Waals surface area (Å²) >= 11 is 0. The van der Waals surface area contributed by atoms with Gasteiger partial charge in [0.1, 0.15) is 5.75 Å². The van der Waals surface area contributed by atoms with Crippen LogP contribution in [0.25, 0.3) is 0 Å². The lowest BCUT2D eigenvalue weighted by Crippen LogP contribution is -2.06. The number of benzene rings is 2. The molecule has 2 N–H and O–H groups in total. The summed E-state index contributed by atoms with van der Waals surface area (Å²) in [6, 6.07) is 12.0. The molecule has 0 saturated carbocycles. The van der Waals surface area contributed by atoms with Crippen molar-refractivity contribution in [3.05, 3.63) is 76.4 Å². The number of anilines is 1. The monoisotopic (exact) mass is 311 g/mol. The van der Waals surface area contributed by atoms with Gasteiger partial charge in [-0.05, 0) is 29.8 Å². The number of allylic oxidation sites excluding steroid dienone is 1. The Hall–Kier alpha value is -3.15. The molecule has 0 bridgehead atoms. The van der Waals surface area contributed by atoms with Crippen molar-refractivity contribution in [2.45, 2.75) is 6.54 Å². The minimum atomic E-state index is -0.479. The van der Waals surface area contributed by atoms with Gasteiger partial charge in [-0.25, -0.2) is 0 Å². The molecule has 0 aromatic heterocycles. The second kappa shape index (κ2) is 7.22. The minimum absolute atomic E-state index is 0.0541. The van der Waals surface area contributed by atoms with E-state index >= 15 is 0 Å². The number of methoxy groups -OCH3 is 1. The Morgan fingerprint density at radius 1 is 1.35 bits per heavy atom. The topological polar surface area (TPSA) is 88.2 Å². The number of hydrogen-bond acceptors (Lipinski definition) is 5. The predicted octanol–water partition coefficient (Wildman–Crippen LogP) is 3.77. The van der Waals surface area contributed by atoms with E-state index in [0.29, 0.717) is 17.8 Å².